The molecular weight excluding hydrogens is 180 g/mol. The minimum absolute atomic E-state index is 0.230. The summed E-state index contributed by atoms with van der Waals surface area (Å²) in [6.45, 7) is 2.90. The molecule has 0 heterocycles. The van der Waals surface area contributed by atoms with Crippen molar-refractivity contribution in [3.8, 4) is 0 Å². The highest BCUT2D eigenvalue weighted by Crippen LogP contribution is 2.13. The topological polar surface area (TPSA) is 63.6 Å². The fourth-order valence-corrected chi connectivity index (χ4v) is 1.07. The Bertz CT molecular complexity index is 180. The molecule has 0 bridgehead atoms. The molecule has 1 N–H and O–H groups in total. The lowest BCUT2D eigenvalue weighted by Gasteiger charge is -2.17. The molecule has 0 radical (unpaired) electrons. The predicted octanol–water partition coefficient (Wildman–Crippen LogP) is 0.754. The summed E-state index contributed by atoms with van der Waals surface area (Å²) in [7, 11) is 0. The first-order valence-electron chi connectivity index (χ1n) is 3.41. The van der Waals surface area contributed by atoms with E-state index >= 15 is 0 Å². The van der Waals surface area contributed by atoms with Gasteiger partial charge < -0.3 is 9.84 Å². The van der Waals surface area contributed by atoms with Crippen molar-refractivity contribution in [2.75, 3.05) is 6.26 Å². The third-order valence-corrected chi connectivity index (χ3v) is 2.33. The van der Waals surface area contributed by atoms with Crippen molar-refractivity contribution >= 4 is 23.7 Å². The standard InChI is InChI=1S/C7H12O4S/c1-4(12-3)6(7(9)10)11-5(2)8/h4,6H,1-3H3,(H,9,10). The molecule has 0 aliphatic carbocycles. The Morgan fingerprint density at radius 3 is 2.25 bits per heavy atom. The number of carbonyl (C=O) groups excluding carboxylic acids is 1. The van der Waals surface area contributed by atoms with Crippen LogP contribution in [0.4, 0.5) is 0 Å². The molecule has 70 valence electrons. The number of hydrogen-bond acceptors (Lipinski definition) is 4. The minimum atomic E-state index is -1.10. The SMILES string of the molecule is CSC(C)C(OC(C)=O)C(=O)O. The Morgan fingerprint density at radius 1 is 1.50 bits per heavy atom. The lowest BCUT2D eigenvalue weighted by atomic mass is 10.3. The number of esters is 1. The van der Waals surface area contributed by atoms with Crippen molar-refractivity contribution in [1.29, 1.82) is 0 Å². The van der Waals surface area contributed by atoms with Crippen molar-refractivity contribution in [1.82, 2.24) is 0 Å². The van der Waals surface area contributed by atoms with Crippen LogP contribution in [-0.4, -0.2) is 34.7 Å². The van der Waals surface area contributed by atoms with Gasteiger partial charge in [-0.05, 0) is 13.2 Å². The van der Waals surface area contributed by atoms with Crippen LogP contribution in [0.5, 0.6) is 0 Å². The van der Waals surface area contributed by atoms with Gasteiger partial charge in [-0.15, -0.1) is 0 Å². The highest BCUT2D eigenvalue weighted by molar-refractivity contribution is 7.99. The molecule has 0 aromatic rings. The van der Waals surface area contributed by atoms with Crippen molar-refractivity contribution in [3.05, 3.63) is 0 Å². The van der Waals surface area contributed by atoms with Gasteiger partial charge >= 0.3 is 11.9 Å². The van der Waals surface area contributed by atoms with Crippen LogP contribution in [0.2, 0.25) is 0 Å². The van der Waals surface area contributed by atoms with E-state index in [4.69, 9.17) is 5.11 Å². The highest BCUT2D eigenvalue weighted by Gasteiger charge is 2.26. The summed E-state index contributed by atoms with van der Waals surface area (Å²) < 4.78 is 4.61. The molecule has 0 aromatic carbocycles. The fourth-order valence-electron chi connectivity index (χ4n) is 0.649. The van der Waals surface area contributed by atoms with E-state index in [-0.39, 0.29) is 5.25 Å². The van der Waals surface area contributed by atoms with Gasteiger partial charge in [0.25, 0.3) is 0 Å². The number of carbonyl (C=O) groups is 2. The van der Waals surface area contributed by atoms with Gasteiger partial charge in [0.05, 0.1) is 0 Å². The van der Waals surface area contributed by atoms with Crippen molar-refractivity contribution < 1.29 is 19.4 Å². The molecule has 2 unspecified atom stereocenters. The van der Waals surface area contributed by atoms with Crippen LogP contribution in [0.1, 0.15) is 13.8 Å². The Hall–Kier alpha value is -0.710. The molecule has 0 aliphatic rings. The second-order valence-electron chi connectivity index (χ2n) is 2.31. The van der Waals surface area contributed by atoms with E-state index in [0.717, 1.165) is 0 Å². The van der Waals surface area contributed by atoms with E-state index in [1.54, 1.807) is 13.2 Å². The minimum Gasteiger partial charge on any atom is -0.478 e. The number of carboxylic acids is 1. The molecule has 0 aliphatic heterocycles. The molecular formula is C7H12O4S. The highest BCUT2D eigenvalue weighted by atomic mass is 32.2. The van der Waals surface area contributed by atoms with Crippen molar-refractivity contribution in [2.45, 2.75) is 25.2 Å². The third-order valence-electron chi connectivity index (χ3n) is 1.33. The molecule has 0 fully saturated rings. The van der Waals surface area contributed by atoms with Gasteiger partial charge in [-0.1, -0.05) is 0 Å². The van der Waals surface area contributed by atoms with Gasteiger partial charge in [0.1, 0.15) is 0 Å². The summed E-state index contributed by atoms with van der Waals surface area (Å²) in [5, 5.41) is 8.40. The fraction of sp³-hybridized carbons (Fsp3) is 0.714. The Morgan fingerprint density at radius 2 is 2.00 bits per heavy atom. The molecule has 0 saturated carbocycles. The first kappa shape index (κ1) is 11.3. The number of ether oxygens (including phenoxy) is 1. The number of aliphatic carboxylic acids is 1. The number of hydrogen-bond donors (Lipinski definition) is 1. The van der Waals surface area contributed by atoms with Gasteiger partial charge in [-0.2, -0.15) is 11.8 Å². The molecule has 0 spiro atoms. The van der Waals surface area contributed by atoms with Gasteiger partial charge in [-0.3, -0.25) is 4.79 Å². The van der Waals surface area contributed by atoms with Gasteiger partial charge in [-0.25, -0.2) is 4.79 Å². The maximum Gasteiger partial charge on any atom is 0.346 e. The largest absolute Gasteiger partial charge is 0.478 e. The average Bonchev–Trinajstić information content (AvgIpc) is 1.98. The van der Waals surface area contributed by atoms with Crippen LogP contribution in [0.3, 0.4) is 0 Å². The number of rotatable bonds is 4. The second-order valence-corrected chi connectivity index (χ2v) is 3.52. The van der Waals surface area contributed by atoms with Crippen molar-refractivity contribution in [2.24, 2.45) is 0 Å². The van der Waals surface area contributed by atoms with Gasteiger partial charge in [0.15, 0.2) is 0 Å². The smallest absolute Gasteiger partial charge is 0.346 e. The number of carboxylic acid groups (broad SMARTS) is 1. The first-order valence-corrected chi connectivity index (χ1v) is 4.70. The monoisotopic (exact) mass is 192 g/mol. The van der Waals surface area contributed by atoms with Crippen LogP contribution in [-0.2, 0) is 14.3 Å². The molecule has 0 amide bonds. The summed E-state index contributed by atoms with van der Waals surface area (Å²) in [5.41, 5.74) is 0. The average molecular weight is 192 g/mol. The van der Waals surface area contributed by atoms with E-state index in [0.29, 0.717) is 0 Å². The van der Waals surface area contributed by atoms with Crippen LogP contribution < -0.4 is 0 Å². The Balaban J connectivity index is 4.22. The van der Waals surface area contributed by atoms with Crippen LogP contribution in [0, 0.1) is 0 Å². The first-order chi connectivity index (χ1) is 5.49. The van der Waals surface area contributed by atoms with Gasteiger partial charge in [0.2, 0.25) is 6.10 Å². The van der Waals surface area contributed by atoms with Gasteiger partial charge in [0, 0.05) is 12.2 Å². The van der Waals surface area contributed by atoms with Crippen LogP contribution in [0.15, 0.2) is 0 Å². The molecule has 5 heteroatoms. The second kappa shape index (κ2) is 5.03. The lowest BCUT2D eigenvalue weighted by Crippen LogP contribution is -2.34. The summed E-state index contributed by atoms with van der Waals surface area (Å²) in [6.07, 6.45) is 0.724. The van der Waals surface area contributed by atoms with Crippen molar-refractivity contribution in [3.63, 3.8) is 0 Å². The quantitative estimate of drug-likeness (QED) is 0.666. The van der Waals surface area contributed by atoms with E-state index in [2.05, 4.69) is 4.74 Å². The Kier molecular flexibility index (Phi) is 4.73. The molecule has 4 nitrogen and oxygen atoms in total. The Labute approximate surface area is 75.3 Å². The summed E-state index contributed by atoms with van der Waals surface area (Å²) in [5.74, 6) is -1.67. The maximum atomic E-state index is 10.5. The van der Waals surface area contributed by atoms with E-state index in [9.17, 15) is 9.59 Å². The van der Waals surface area contributed by atoms with E-state index in [1.807, 2.05) is 0 Å². The molecule has 0 rings (SSSR count). The maximum absolute atomic E-state index is 10.5. The zero-order valence-electron chi connectivity index (χ0n) is 7.23. The zero-order valence-corrected chi connectivity index (χ0v) is 8.05. The van der Waals surface area contributed by atoms with E-state index < -0.39 is 18.0 Å². The normalized spacial score (nSPS) is 14.9. The predicted molar refractivity (Wildman–Crippen MR) is 46.2 cm³/mol. The third kappa shape index (κ3) is 3.61. The lowest BCUT2D eigenvalue weighted by molar-refractivity contribution is -0.162. The van der Waals surface area contributed by atoms with Crippen LogP contribution >= 0.6 is 11.8 Å². The summed E-state index contributed by atoms with van der Waals surface area (Å²) >= 11 is 1.35. The van der Waals surface area contributed by atoms with Crippen LogP contribution in [0.25, 0.3) is 0 Å². The molecule has 0 saturated heterocycles. The summed E-state index contributed by atoms with van der Waals surface area (Å²) in [6, 6.07) is 0. The zero-order chi connectivity index (χ0) is 9.72. The van der Waals surface area contributed by atoms with E-state index in [1.165, 1.54) is 18.7 Å². The molecule has 12 heavy (non-hydrogen) atoms. The summed E-state index contributed by atoms with van der Waals surface area (Å²) in [4.78, 5) is 21.0. The molecule has 0 aromatic heterocycles. The molecule has 2 atom stereocenters. The number of thioether (sulfide) groups is 1.